The van der Waals surface area contributed by atoms with E-state index < -0.39 is 29.2 Å². The third kappa shape index (κ3) is 6.35. The zero-order valence-electron chi connectivity index (χ0n) is 21.7. The van der Waals surface area contributed by atoms with Crippen LogP contribution in [0, 0.1) is 0 Å². The van der Waals surface area contributed by atoms with Gasteiger partial charge in [0.2, 0.25) is 11.8 Å². The first-order chi connectivity index (χ1) is 19.1. The molecular formula is C29H30F4N4O3. The number of oxazole rings is 1. The van der Waals surface area contributed by atoms with Crippen LogP contribution in [-0.4, -0.2) is 53.4 Å². The Kier molecular flexibility index (Phi) is 7.93. The molecule has 1 atom stereocenters. The number of amides is 2. The largest absolute Gasteiger partial charge is 0.445 e. The van der Waals surface area contributed by atoms with Gasteiger partial charge in [-0.3, -0.25) is 14.5 Å². The van der Waals surface area contributed by atoms with Crippen molar-refractivity contribution in [2.45, 2.75) is 56.0 Å². The minimum atomic E-state index is -4.56. The fourth-order valence-electron chi connectivity index (χ4n) is 5.61. The van der Waals surface area contributed by atoms with Crippen LogP contribution in [0.15, 0.2) is 65.4 Å². The smallest absolute Gasteiger partial charge is 0.416 e. The Morgan fingerprint density at radius 2 is 1.82 bits per heavy atom. The Labute approximate surface area is 229 Å². The van der Waals surface area contributed by atoms with Crippen LogP contribution in [0.25, 0.3) is 11.5 Å². The second-order valence-corrected chi connectivity index (χ2v) is 10.4. The van der Waals surface area contributed by atoms with Gasteiger partial charge in [-0.1, -0.05) is 18.2 Å². The van der Waals surface area contributed by atoms with E-state index in [2.05, 4.69) is 20.5 Å². The van der Waals surface area contributed by atoms with Crippen molar-refractivity contribution in [1.82, 2.24) is 20.5 Å². The maximum absolute atomic E-state index is 15.8. The molecule has 0 bridgehead atoms. The van der Waals surface area contributed by atoms with E-state index in [4.69, 9.17) is 4.42 Å². The molecule has 0 spiro atoms. The van der Waals surface area contributed by atoms with Crippen LogP contribution < -0.4 is 10.6 Å². The summed E-state index contributed by atoms with van der Waals surface area (Å²) in [6.07, 6.45) is 1.45. The van der Waals surface area contributed by atoms with Crippen molar-refractivity contribution < 1.29 is 31.6 Å². The van der Waals surface area contributed by atoms with Gasteiger partial charge in [-0.2, -0.15) is 13.2 Å². The molecular weight excluding hydrogens is 528 g/mol. The number of aromatic nitrogens is 1. The molecule has 0 radical (unpaired) electrons. The van der Waals surface area contributed by atoms with Crippen LogP contribution >= 0.6 is 0 Å². The van der Waals surface area contributed by atoms with Crippen molar-refractivity contribution in [3.8, 4) is 11.5 Å². The highest BCUT2D eigenvalue weighted by atomic mass is 19.4. The summed E-state index contributed by atoms with van der Waals surface area (Å²) in [5.74, 6) is -0.665. The number of hydrogen-bond donors (Lipinski definition) is 2. The molecule has 5 rings (SSSR count). The van der Waals surface area contributed by atoms with Gasteiger partial charge in [0.1, 0.15) is 11.9 Å². The fourth-order valence-corrected chi connectivity index (χ4v) is 5.61. The lowest BCUT2D eigenvalue weighted by Crippen LogP contribution is -2.45. The maximum atomic E-state index is 15.8. The molecule has 1 aromatic heterocycles. The molecule has 2 fully saturated rings. The molecule has 2 heterocycles. The zero-order valence-corrected chi connectivity index (χ0v) is 21.7. The average molecular weight is 559 g/mol. The predicted octanol–water partition coefficient (Wildman–Crippen LogP) is 5.09. The summed E-state index contributed by atoms with van der Waals surface area (Å²) in [5.41, 5.74) is -1.03. The number of hydrogen-bond acceptors (Lipinski definition) is 5. The number of nitrogens with zero attached hydrogens (tertiary/aromatic N) is 2. The molecule has 7 nitrogen and oxygen atoms in total. The molecule has 1 aliphatic carbocycles. The van der Waals surface area contributed by atoms with E-state index in [1.54, 1.807) is 18.3 Å². The number of halogens is 4. The summed E-state index contributed by atoms with van der Waals surface area (Å²) in [6, 6.07) is 11.4. The van der Waals surface area contributed by atoms with Crippen molar-refractivity contribution >= 4 is 11.8 Å². The molecule has 2 aliphatic rings. The molecule has 3 aromatic rings. The normalized spacial score (nSPS) is 23.6. The Balaban J connectivity index is 1.06. The molecule has 1 saturated heterocycles. The number of alkyl halides is 4. The molecule has 2 N–H and O–H groups in total. The Morgan fingerprint density at radius 3 is 2.50 bits per heavy atom. The second-order valence-electron chi connectivity index (χ2n) is 10.4. The first-order valence-electron chi connectivity index (χ1n) is 13.3. The summed E-state index contributed by atoms with van der Waals surface area (Å²) >= 11 is 0. The van der Waals surface area contributed by atoms with Crippen LogP contribution in [-0.2, 0) is 16.6 Å². The highest BCUT2D eigenvalue weighted by Crippen LogP contribution is 2.43. The lowest BCUT2D eigenvalue weighted by Gasteiger charge is -2.38. The SMILES string of the molecule is O=C(CNC(=O)c1cccc(C(F)(F)F)c1)NC1CCN(C2CCC(F)(c3ccc(-c4ncco4)cc3)CC2)C1. The van der Waals surface area contributed by atoms with Crippen LogP contribution in [0.2, 0.25) is 0 Å². The summed E-state index contributed by atoms with van der Waals surface area (Å²) in [7, 11) is 0. The number of carbonyl (C=O) groups excluding carboxylic acids is 2. The van der Waals surface area contributed by atoms with Gasteiger partial charge in [0, 0.05) is 36.3 Å². The van der Waals surface area contributed by atoms with Crippen LogP contribution in [0.1, 0.15) is 53.6 Å². The quantitative estimate of drug-likeness (QED) is 0.395. The molecule has 2 amide bonds. The van der Waals surface area contributed by atoms with Gasteiger partial charge >= 0.3 is 6.18 Å². The van der Waals surface area contributed by atoms with Crippen LogP contribution in [0.3, 0.4) is 0 Å². The summed E-state index contributed by atoms with van der Waals surface area (Å²) in [6.45, 7) is 1.06. The summed E-state index contributed by atoms with van der Waals surface area (Å²) in [4.78, 5) is 31.0. The van der Waals surface area contributed by atoms with Gasteiger partial charge < -0.3 is 15.1 Å². The second kappa shape index (κ2) is 11.4. The van der Waals surface area contributed by atoms with E-state index in [1.165, 1.54) is 12.3 Å². The lowest BCUT2D eigenvalue weighted by molar-refractivity contribution is -0.137. The average Bonchev–Trinajstić information content (AvgIpc) is 3.65. The van der Waals surface area contributed by atoms with Gasteiger partial charge in [0.25, 0.3) is 5.91 Å². The summed E-state index contributed by atoms with van der Waals surface area (Å²) in [5, 5.41) is 5.27. The van der Waals surface area contributed by atoms with Crippen LogP contribution in [0.5, 0.6) is 0 Å². The van der Waals surface area contributed by atoms with Crippen molar-refractivity contribution in [3.63, 3.8) is 0 Å². The van der Waals surface area contributed by atoms with Crippen LogP contribution in [0.4, 0.5) is 17.6 Å². The molecule has 11 heteroatoms. The van der Waals surface area contributed by atoms with Gasteiger partial charge in [-0.05, 0) is 68.0 Å². The third-order valence-electron chi connectivity index (χ3n) is 7.79. The Hall–Kier alpha value is -3.73. The van der Waals surface area contributed by atoms with E-state index in [-0.39, 0.29) is 24.2 Å². The van der Waals surface area contributed by atoms with E-state index >= 15 is 4.39 Å². The van der Waals surface area contributed by atoms with Gasteiger partial charge in [-0.25, -0.2) is 9.37 Å². The first-order valence-corrected chi connectivity index (χ1v) is 13.3. The van der Waals surface area contributed by atoms with Crippen molar-refractivity contribution in [2.75, 3.05) is 19.6 Å². The third-order valence-corrected chi connectivity index (χ3v) is 7.79. The maximum Gasteiger partial charge on any atom is 0.416 e. The number of rotatable bonds is 7. The van der Waals surface area contributed by atoms with Crippen molar-refractivity contribution in [3.05, 3.63) is 77.7 Å². The molecule has 212 valence electrons. The van der Waals surface area contributed by atoms with Gasteiger partial charge in [0.05, 0.1) is 18.3 Å². The fraction of sp³-hybridized carbons (Fsp3) is 0.414. The molecule has 1 aliphatic heterocycles. The number of likely N-dealkylation sites (tertiary alicyclic amines) is 1. The Bertz CT molecular complexity index is 1320. The Morgan fingerprint density at radius 1 is 1.07 bits per heavy atom. The van der Waals surface area contributed by atoms with E-state index in [1.807, 2.05) is 12.1 Å². The molecule has 1 unspecified atom stereocenters. The zero-order chi connectivity index (χ0) is 28.3. The van der Waals surface area contributed by atoms with Crippen molar-refractivity contribution in [2.24, 2.45) is 0 Å². The molecule has 1 saturated carbocycles. The number of benzene rings is 2. The minimum Gasteiger partial charge on any atom is -0.445 e. The van der Waals surface area contributed by atoms with Gasteiger partial charge in [0.15, 0.2) is 0 Å². The van der Waals surface area contributed by atoms with E-state index in [0.29, 0.717) is 43.7 Å². The van der Waals surface area contributed by atoms with Gasteiger partial charge in [-0.15, -0.1) is 0 Å². The number of nitrogens with one attached hydrogen (secondary N) is 2. The van der Waals surface area contributed by atoms with E-state index in [9.17, 15) is 22.8 Å². The van der Waals surface area contributed by atoms with Crippen molar-refractivity contribution in [1.29, 1.82) is 0 Å². The first kappa shape index (κ1) is 27.8. The molecule has 2 aromatic carbocycles. The number of carbonyl (C=O) groups is 2. The summed E-state index contributed by atoms with van der Waals surface area (Å²) < 4.78 is 59.8. The highest BCUT2D eigenvalue weighted by Gasteiger charge is 2.40. The minimum absolute atomic E-state index is 0.113. The lowest BCUT2D eigenvalue weighted by atomic mass is 9.78. The highest BCUT2D eigenvalue weighted by molar-refractivity contribution is 5.96. The standard InChI is InChI=1S/C29H30F4N4O3/c30-28(21-6-4-19(5-7-21)27-34-13-15-40-27)11-8-24(9-12-28)37-14-10-23(18-37)36-25(38)17-35-26(39)20-2-1-3-22(16-20)29(31,32)33/h1-7,13,15-16,23-24H,8-12,14,17-18H2,(H,35,39)(H,36,38). The topological polar surface area (TPSA) is 87.5 Å². The molecule has 40 heavy (non-hydrogen) atoms. The predicted molar refractivity (Wildman–Crippen MR) is 139 cm³/mol. The van der Waals surface area contributed by atoms with E-state index in [0.717, 1.165) is 36.7 Å². The monoisotopic (exact) mass is 558 g/mol.